The molecule has 0 spiro atoms. The monoisotopic (exact) mass is 211 g/mol. The van der Waals surface area contributed by atoms with E-state index in [4.69, 9.17) is 4.74 Å². The van der Waals surface area contributed by atoms with Crippen molar-refractivity contribution in [3.8, 4) is 0 Å². The number of Topliss-reactive ketones (excluding diaryl/α,β-unsaturated/α-hetero) is 1. The van der Waals surface area contributed by atoms with Crippen molar-refractivity contribution in [2.75, 3.05) is 0 Å². The van der Waals surface area contributed by atoms with E-state index >= 15 is 0 Å². The summed E-state index contributed by atoms with van der Waals surface area (Å²) in [5, 5.41) is 0. The zero-order valence-corrected chi connectivity index (χ0v) is 8.20. The van der Waals surface area contributed by atoms with Crippen LogP contribution in [0.4, 0.5) is 4.39 Å². The number of carbonyl (C=O) groups excluding carboxylic acids is 2. The van der Waals surface area contributed by atoms with Crippen molar-refractivity contribution in [1.82, 2.24) is 4.98 Å². The van der Waals surface area contributed by atoms with Gasteiger partial charge in [0, 0.05) is 11.8 Å². The molecule has 0 aromatic carbocycles. The minimum absolute atomic E-state index is 0.180. The third-order valence-electron chi connectivity index (χ3n) is 1.64. The molecular weight excluding hydrogens is 201 g/mol. The average molecular weight is 211 g/mol. The van der Waals surface area contributed by atoms with Gasteiger partial charge in [-0.05, 0) is 13.0 Å². The van der Waals surface area contributed by atoms with E-state index in [1.165, 1.54) is 19.2 Å². The fourth-order valence-corrected chi connectivity index (χ4v) is 0.934. The summed E-state index contributed by atoms with van der Waals surface area (Å²) in [5.41, 5.74) is 0.238. The number of ketones is 1. The van der Waals surface area contributed by atoms with Gasteiger partial charge in [-0.15, -0.1) is 0 Å². The van der Waals surface area contributed by atoms with Gasteiger partial charge in [0.15, 0.2) is 0 Å². The van der Waals surface area contributed by atoms with Crippen LogP contribution < -0.4 is 0 Å². The Morgan fingerprint density at radius 2 is 2.27 bits per heavy atom. The zero-order valence-electron chi connectivity index (χ0n) is 8.20. The van der Waals surface area contributed by atoms with E-state index in [1.807, 2.05) is 0 Å². The molecular formula is C10H10FNO3. The van der Waals surface area contributed by atoms with E-state index < -0.39 is 11.8 Å². The van der Waals surface area contributed by atoms with Gasteiger partial charge in [-0.2, -0.15) is 0 Å². The quantitative estimate of drug-likeness (QED) is 0.555. The molecule has 0 saturated heterocycles. The molecule has 1 aromatic rings. The average Bonchev–Trinajstić information content (AvgIpc) is 2.15. The van der Waals surface area contributed by atoms with Gasteiger partial charge in [-0.25, -0.2) is 4.39 Å². The molecule has 0 amide bonds. The summed E-state index contributed by atoms with van der Waals surface area (Å²) in [6.07, 6.45) is 2.15. The van der Waals surface area contributed by atoms with Crippen LogP contribution in [0, 0.1) is 5.82 Å². The molecule has 1 rings (SSSR count). The first-order valence-electron chi connectivity index (χ1n) is 4.33. The van der Waals surface area contributed by atoms with E-state index in [1.54, 1.807) is 0 Å². The maximum atomic E-state index is 13.0. The number of halogens is 1. The Morgan fingerprint density at radius 3 is 2.87 bits per heavy atom. The van der Waals surface area contributed by atoms with Gasteiger partial charge in [0.25, 0.3) is 0 Å². The highest BCUT2D eigenvalue weighted by atomic mass is 19.1. The van der Waals surface area contributed by atoms with Gasteiger partial charge in [0.05, 0.1) is 6.20 Å². The number of hydrogen-bond acceptors (Lipinski definition) is 4. The van der Waals surface area contributed by atoms with Crippen molar-refractivity contribution in [3.05, 3.63) is 29.8 Å². The van der Waals surface area contributed by atoms with Crippen molar-refractivity contribution in [3.63, 3.8) is 0 Å². The van der Waals surface area contributed by atoms with Crippen molar-refractivity contribution < 1.29 is 18.7 Å². The lowest BCUT2D eigenvalue weighted by Crippen LogP contribution is -2.09. The lowest BCUT2D eigenvalue weighted by molar-refractivity contribution is -0.146. The first-order valence-corrected chi connectivity index (χ1v) is 4.33. The Bertz CT molecular complexity index is 379. The number of esters is 1. The third kappa shape index (κ3) is 3.84. The topological polar surface area (TPSA) is 56.3 Å². The smallest absolute Gasteiger partial charge is 0.313 e. The molecule has 0 atom stereocenters. The molecule has 0 saturated carbocycles. The number of rotatable bonds is 4. The maximum absolute atomic E-state index is 13.0. The summed E-state index contributed by atoms with van der Waals surface area (Å²) in [6, 6.07) is 1.41. The Hall–Kier alpha value is -1.78. The van der Waals surface area contributed by atoms with Crippen LogP contribution >= 0.6 is 0 Å². The van der Waals surface area contributed by atoms with Crippen molar-refractivity contribution in [1.29, 1.82) is 0 Å². The molecule has 80 valence electrons. The molecule has 0 N–H and O–H groups in total. The van der Waals surface area contributed by atoms with E-state index in [0.717, 1.165) is 6.20 Å². The number of ether oxygens (including phenoxy) is 1. The van der Waals surface area contributed by atoms with Gasteiger partial charge >= 0.3 is 5.97 Å². The Labute approximate surface area is 86.1 Å². The Balaban J connectivity index is 2.47. The fraction of sp³-hybridized carbons (Fsp3) is 0.300. The summed E-state index contributed by atoms with van der Waals surface area (Å²) in [7, 11) is 0. The molecule has 0 aliphatic carbocycles. The van der Waals surface area contributed by atoms with Crippen LogP contribution in [0.3, 0.4) is 0 Å². The maximum Gasteiger partial charge on any atom is 0.313 e. The Morgan fingerprint density at radius 1 is 1.53 bits per heavy atom. The zero-order chi connectivity index (χ0) is 11.3. The van der Waals surface area contributed by atoms with Crippen LogP contribution in [0.15, 0.2) is 18.5 Å². The highest BCUT2D eigenvalue weighted by molar-refractivity contribution is 5.94. The number of aromatic nitrogens is 1. The van der Waals surface area contributed by atoms with E-state index in [0.29, 0.717) is 0 Å². The van der Waals surface area contributed by atoms with Crippen LogP contribution in [0.2, 0.25) is 0 Å². The molecule has 15 heavy (non-hydrogen) atoms. The molecule has 0 aliphatic rings. The van der Waals surface area contributed by atoms with Gasteiger partial charge < -0.3 is 4.74 Å². The lowest BCUT2D eigenvalue weighted by atomic mass is 10.3. The second-order valence-corrected chi connectivity index (χ2v) is 3.01. The van der Waals surface area contributed by atoms with Crippen molar-refractivity contribution >= 4 is 11.8 Å². The molecule has 0 bridgehead atoms. The third-order valence-corrected chi connectivity index (χ3v) is 1.64. The van der Waals surface area contributed by atoms with Crippen LogP contribution in [0.1, 0.15) is 18.9 Å². The van der Waals surface area contributed by atoms with E-state index in [9.17, 15) is 14.0 Å². The van der Waals surface area contributed by atoms with Crippen LogP contribution in [0.5, 0.6) is 0 Å². The molecule has 0 unspecified atom stereocenters. The number of nitrogens with zero attached hydrogens (tertiary/aromatic N) is 1. The molecule has 0 radical (unpaired) electrons. The molecule has 5 heteroatoms. The highest BCUT2D eigenvalue weighted by Crippen LogP contribution is 2.06. The minimum atomic E-state index is -0.654. The van der Waals surface area contributed by atoms with Gasteiger partial charge in [0.1, 0.15) is 24.6 Å². The van der Waals surface area contributed by atoms with Gasteiger partial charge in [-0.3, -0.25) is 14.6 Å². The van der Waals surface area contributed by atoms with E-state index in [-0.39, 0.29) is 24.4 Å². The predicted octanol–water partition coefficient (Wildman–Crippen LogP) is 1.24. The SMILES string of the molecule is CC(=O)CC(=O)OCc1ccncc1F. The first-order chi connectivity index (χ1) is 7.09. The molecule has 1 aromatic heterocycles. The largest absolute Gasteiger partial charge is 0.460 e. The summed E-state index contributed by atoms with van der Waals surface area (Å²) in [4.78, 5) is 25.1. The predicted molar refractivity (Wildman–Crippen MR) is 49.3 cm³/mol. The van der Waals surface area contributed by atoms with Crippen LogP contribution in [-0.2, 0) is 20.9 Å². The second kappa shape index (κ2) is 5.19. The molecule has 4 nitrogen and oxygen atoms in total. The summed E-state index contributed by atoms with van der Waals surface area (Å²) < 4.78 is 17.7. The first kappa shape index (κ1) is 11.3. The van der Waals surface area contributed by atoms with Crippen molar-refractivity contribution in [2.24, 2.45) is 0 Å². The number of carbonyl (C=O) groups is 2. The normalized spacial score (nSPS) is 9.73. The number of hydrogen-bond donors (Lipinski definition) is 0. The van der Waals surface area contributed by atoms with Crippen LogP contribution in [-0.4, -0.2) is 16.7 Å². The Kier molecular flexibility index (Phi) is 3.91. The van der Waals surface area contributed by atoms with E-state index in [2.05, 4.69) is 4.98 Å². The molecule has 0 aliphatic heterocycles. The summed E-state index contributed by atoms with van der Waals surface area (Å²) in [6.45, 7) is 1.11. The number of pyridine rings is 1. The summed E-state index contributed by atoms with van der Waals surface area (Å²) >= 11 is 0. The summed E-state index contributed by atoms with van der Waals surface area (Å²) in [5.74, 6) is -1.47. The van der Waals surface area contributed by atoms with Gasteiger partial charge in [0.2, 0.25) is 0 Å². The lowest BCUT2D eigenvalue weighted by Gasteiger charge is -2.03. The standard InChI is InChI=1S/C10H10FNO3/c1-7(13)4-10(14)15-6-8-2-3-12-5-9(8)11/h2-3,5H,4,6H2,1H3. The minimum Gasteiger partial charge on any atom is -0.460 e. The van der Waals surface area contributed by atoms with Gasteiger partial charge in [-0.1, -0.05) is 0 Å². The molecule has 1 heterocycles. The second-order valence-electron chi connectivity index (χ2n) is 3.01. The van der Waals surface area contributed by atoms with Crippen molar-refractivity contribution in [2.45, 2.75) is 20.0 Å². The molecule has 0 fully saturated rings. The highest BCUT2D eigenvalue weighted by Gasteiger charge is 2.08. The van der Waals surface area contributed by atoms with Crippen LogP contribution in [0.25, 0.3) is 0 Å². The fourth-order valence-electron chi connectivity index (χ4n) is 0.934.